The average molecular weight is 438 g/mol. The third-order valence-corrected chi connectivity index (χ3v) is 6.22. The molecule has 0 saturated carbocycles. The van der Waals surface area contributed by atoms with Crippen LogP contribution in [-0.4, -0.2) is 37.6 Å². The fourth-order valence-corrected chi connectivity index (χ4v) is 4.24. The van der Waals surface area contributed by atoms with Crippen LogP contribution in [0.2, 0.25) is 0 Å². The van der Waals surface area contributed by atoms with Gasteiger partial charge in [-0.25, -0.2) is 0 Å². The van der Waals surface area contributed by atoms with Gasteiger partial charge in [-0.3, -0.25) is 9.78 Å². The van der Waals surface area contributed by atoms with Crippen LogP contribution in [-0.2, 0) is 11.2 Å². The Morgan fingerprint density at radius 1 is 0.938 bits per heavy atom. The Morgan fingerprint density at radius 2 is 1.72 bits per heavy atom. The lowest BCUT2D eigenvalue weighted by atomic mass is 9.97. The average Bonchev–Trinajstić information content (AvgIpc) is 2.82. The van der Waals surface area contributed by atoms with Crippen molar-refractivity contribution in [3.05, 3.63) is 42.2 Å². The zero-order valence-electron chi connectivity index (χ0n) is 19.9. The van der Waals surface area contributed by atoms with Crippen molar-refractivity contribution in [2.24, 2.45) is 0 Å². The Kier molecular flexibility index (Phi) is 10.0. The number of unbranched alkanes of at least 4 members (excludes halogenated alkanes) is 7. The first kappa shape index (κ1) is 24.2. The van der Waals surface area contributed by atoms with Gasteiger partial charge in [-0.05, 0) is 48.7 Å². The Labute approximate surface area is 193 Å². The molecule has 1 aromatic carbocycles. The van der Waals surface area contributed by atoms with E-state index in [0.717, 1.165) is 42.1 Å². The van der Waals surface area contributed by atoms with E-state index in [0.29, 0.717) is 13.0 Å². The minimum absolute atomic E-state index is 0.179. The maximum Gasteiger partial charge on any atom is 0.227 e. The fraction of sp³-hybridized carbons (Fsp3) is 0.556. The number of rotatable bonds is 14. The van der Waals surface area contributed by atoms with Gasteiger partial charge in [0.25, 0.3) is 0 Å². The van der Waals surface area contributed by atoms with Crippen LogP contribution in [0.4, 0.5) is 5.69 Å². The second-order valence-corrected chi connectivity index (χ2v) is 8.78. The Balaban J connectivity index is 1.37. The third-order valence-electron chi connectivity index (χ3n) is 6.22. The highest BCUT2D eigenvalue weighted by molar-refractivity contribution is 5.96. The van der Waals surface area contributed by atoms with E-state index in [-0.39, 0.29) is 5.91 Å². The van der Waals surface area contributed by atoms with E-state index in [2.05, 4.69) is 29.4 Å². The van der Waals surface area contributed by atoms with E-state index >= 15 is 0 Å². The Bertz CT molecular complexity index is 853. The number of hydrogen-bond acceptors (Lipinski definition) is 4. The van der Waals surface area contributed by atoms with Crippen molar-refractivity contribution in [2.45, 2.75) is 71.1 Å². The van der Waals surface area contributed by atoms with E-state index in [9.17, 15) is 4.79 Å². The molecule has 0 atom stereocenters. The molecule has 5 nitrogen and oxygen atoms in total. The van der Waals surface area contributed by atoms with Gasteiger partial charge in [-0.2, -0.15) is 0 Å². The number of fused-ring (bicyclic) bond motifs is 1. The van der Waals surface area contributed by atoms with Crippen LogP contribution < -0.4 is 15.0 Å². The van der Waals surface area contributed by atoms with Gasteiger partial charge in [0.2, 0.25) is 5.91 Å². The van der Waals surface area contributed by atoms with Gasteiger partial charge in [0.1, 0.15) is 12.4 Å². The lowest BCUT2D eigenvalue weighted by molar-refractivity contribution is -0.118. The maximum absolute atomic E-state index is 11.9. The number of carbonyl (C=O) groups is 1. The van der Waals surface area contributed by atoms with Gasteiger partial charge in [0.15, 0.2) is 0 Å². The van der Waals surface area contributed by atoms with E-state index in [1.807, 2.05) is 25.4 Å². The number of nitrogens with one attached hydrogen (secondary N) is 1. The van der Waals surface area contributed by atoms with Crippen LogP contribution in [0.3, 0.4) is 0 Å². The summed E-state index contributed by atoms with van der Waals surface area (Å²) >= 11 is 0. The molecule has 1 amide bonds. The zero-order valence-corrected chi connectivity index (χ0v) is 19.9. The van der Waals surface area contributed by atoms with Gasteiger partial charge in [0, 0.05) is 37.5 Å². The van der Waals surface area contributed by atoms with Crippen LogP contribution in [0.25, 0.3) is 11.1 Å². The van der Waals surface area contributed by atoms with Crippen molar-refractivity contribution >= 4 is 11.6 Å². The summed E-state index contributed by atoms with van der Waals surface area (Å²) in [7, 11) is 1.85. The molecule has 0 saturated heterocycles. The molecule has 2 aromatic rings. The molecular weight excluding hydrogens is 398 g/mol. The quantitative estimate of drug-likeness (QED) is 0.381. The predicted octanol–water partition coefficient (Wildman–Crippen LogP) is 5.77. The van der Waals surface area contributed by atoms with Crippen LogP contribution in [0.5, 0.6) is 5.75 Å². The number of ether oxygens (including phenoxy) is 1. The number of nitrogens with zero attached hydrogens (tertiary/aromatic N) is 2. The van der Waals surface area contributed by atoms with Crippen molar-refractivity contribution in [2.75, 3.05) is 31.6 Å². The van der Waals surface area contributed by atoms with Crippen LogP contribution in [0.15, 0.2) is 36.7 Å². The van der Waals surface area contributed by atoms with Crippen molar-refractivity contribution in [1.29, 1.82) is 0 Å². The number of anilines is 1. The molecule has 0 radical (unpaired) electrons. The topological polar surface area (TPSA) is 54.5 Å². The summed E-state index contributed by atoms with van der Waals surface area (Å²) in [5, 5.41) is 3.48. The molecule has 0 bridgehead atoms. The maximum atomic E-state index is 11.9. The van der Waals surface area contributed by atoms with Crippen molar-refractivity contribution < 1.29 is 9.53 Å². The number of aryl methyl sites for hydroxylation is 1. The van der Waals surface area contributed by atoms with Crippen LogP contribution in [0, 0.1) is 0 Å². The molecule has 1 N–H and O–H groups in total. The van der Waals surface area contributed by atoms with Crippen molar-refractivity contribution in [1.82, 2.24) is 10.3 Å². The lowest BCUT2D eigenvalue weighted by Crippen LogP contribution is -2.30. The summed E-state index contributed by atoms with van der Waals surface area (Å²) in [5.41, 5.74) is 4.36. The van der Waals surface area contributed by atoms with Crippen molar-refractivity contribution in [3.63, 3.8) is 0 Å². The molecule has 1 aromatic heterocycles. The van der Waals surface area contributed by atoms with Gasteiger partial charge >= 0.3 is 0 Å². The van der Waals surface area contributed by atoms with Crippen LogP contribution in [0.1, 0.15) is 70.3 Å². The molecule has 3 rings (SSSR count). The molecule has 0 spiro atoms. The molecule has 1 aliphatic rings. The largest absolute Gasteiger partial charge is 0.491 e. The second kappa shape index (κ2) is 13.2. The van der Waals surface area contributed by atoms with Crippen LogP contribution >= 0.6 is 0 Å². The van der Waals surface area contributed by atoms with Crippen molar-refractivity contribution in [3.8, 4) is 16.9 Å². The summed E-state index contributed by atoms with van der Waals surface area (Å²) in [4.78, 5) is 18.0. The zero-order chi connectivity index (χ0) is 22.6. The summed E-state index contributed by atoms with van der Waals surface area (Å²) in [6, 6.07) is 8.31. The number of amides is 1. The molecule has 0 fully saturated rings. The monoisotopic (exact) mass is 437 g/mol. The highest BCUT2D eigenvalue weighted by Crippen LogP contribution is 2.32. The highest BCUT2D eigenvalue weighted by Gasteiger charge is 2.21. The molecule has 2 heterocycles. The normalized spacial score (nSPS) is 13.3. The minimum atomic E-state index is 0.179. The van der Waals surface area contributed by atoms with Gasteiger partial charge < -0.3 is 15.0 Å². The SMILES string of the molecule is CCCCCCCCCCNCCOc1cncc(-c2ccc3c(c2)CCC(=O)N3C)c1. The number of hydrogen-bond donors (Lipinski definition) is 1. The van der Waals surface area contributed by atoms with Gasteiger partial charge in [-0.15, -0.1) is 0 Å². The van der Waals surface area contributed by atoms with E-state index in [1.165, 1.54) is 56.9 Å². The van der Waals surface area contributed by atoms with E-state index in [4.69, 9.17) is 4.74 Å². The molecule has 1 aliphatic heterocycles. The number of pyridine rings is 1. The summed E-state index contributed by atoms with van der Waals surface area (Å²) in [6.45, 7) is 4.81. The number of benzene rings is 1. The lowest BCUT2D eigenvalue weighted by Gasteiger charge is -2.26. The Hall–Kier alpha value is -2.40. The number of aromatic nitrogens is 1. The molecule has 0 unspecified atom stereocenters. The molecule has 0 aliphatic carbocycles. The fourth-order valence-electron chi connectivity index (χ4n) is 4.24. The standard InChI is InChI=1S/C27H39N3O2/c1-3-4-5-6-7-8-9-10-15-28-16-17-32-25-19-24(20-29-21-25)22-11-13-26-23(18-22)12-14-27(31)30(26)2/h11,13,18-21,28H,3-10,12,14-17H2,1-2H3. The second-order valence-electron chi connectivity index (χ2n) is 8.78. The molecule has 5 heteroatoms. The first-order valence-electron chi connectivity index (χ1n) is 12.4. The molecule has 174 valence electrons. The predicted molar refractivity (Wildman–Crippen MR) is 132 cm³/mol. The highest BCUT2D eigenvalue weighted by atomic mass is 16.5. The summed E-state index contributed by atoms with van der Waals surface area (Å²) in [5.74, 6) is 0.972. The Morgan fingerprint density at radius 3 is 2.53 bits per heavy atom. The molecule has 32 heavy (non-hydrogen) atoms. The van der Waals surface area contributed by atoms with E-state index < -0.39 is 0 Å². The summed E-state index contributed by atoms with van der Waals surface area (Å²) in [6.07, 6.45) is 15.8. The number of carbonyl (C=O) groups excluding carboxylic acids is 1. The molecular formula is C27H39N3O2. The first-order chi connectivity index (χ1) is 15.7. The minimum Gasteiger partial charge on any atom is -0.491 e. The summed E-state index contributed by atoms with van der Waals surface area (Å²) < 4.78 is 5.92. The van der Waals surface area contributed by atoms with E-state index in [1.54, 1.807) is 11.1 Å². The smallest absolute Gasteiger partial charge is 0.227 e. The van der Waals surface area contributed by atoms with Gasteiger partial charge in [0.05, 0.1) is 6.20 Å². The first-order valence-corrected chi connectivity index (χ1v) is 12.4. The van der Waals surface area contributed by atoms with Gasteiger partial charge in [-0.1, -0.05) is 57.9 Å². The third kappa shape index (κ3) is 7.33.